The van der Waals surface area contributed by atoms with Crippen LogP contribution in [0.3, 0.4) is 0 Å². The van der Waals surface area contributed by atoms with Crippen molar-refractivity contribution in [2.24, 2.45) is 5.92 Å². The molecule has 2 heterocycles. The van der Waals surface area contributed by atoms with Gasteiger partial charge in [0, 0.05) is 49.3 Å². The molecule has 1 amide bonds. The molecule has 0 bridgehead atoms. The molecule has 6 nitrogen and oxygen atoms in total. The molecular weight excluding hydrogens is 330 g/mol. The maximum Gasteiger partial charge on any atom is 0.251 e. The van der Waals surface area contributed by atoms with Gasteiger partial charge in [-0.15, -0.1) is 0 Å². The molecule has 0 radical (unpaired) electrons. The Morgan fingerprint density at radius 2 is 1.73 bits per heavy atom. The summed E-state index contributed by atoms with van der Waals surface area (Å²) in [4.78, 5) is 18.9. The van der Waals surface area contributed by atoms with Crippen LogP contribution < -0.4 is 19.7 Å². The normalized spacial score (nSPS) is 14.8. The second-order valence-electron chi connectivity index (χ2n) is 6.45. The highest BCUT2D eigenvalue weighted by Gasteiger charge is 2.20. The van der Waals surface area contributed by atoms with Crippen LogP contribution in [0.4, 0.5) is 5.69 Å². The highest BCUT2D eigenvalue weighted by atomic mass is 16.5. The Labute approximate surface area is 154 Å². The molecule has 2 aromatic rings. The summed E-state index contributed by atoms with van der Waals surface area (Å²) in [7, 11) is 3.15. The van der Waals surface area contributed by atoms with E-state index >= 15 is 0 Å². The van der Waals surface area contributed by atoms with Crippen molar-refractivity contribution in [3.8, 4) is 11.5 Å². The Bertz CT molecular complexity index is 706. The number of carbonyl (C=O) groups is 1. The molecular formula is C20H25N3O3. The van der Waals surface area contributed by atoms with Crippen LogP contribution in [0.1, 0.15) is 23.2 Å². The van der Waals surface area contributed by atoms with Gasteiger partial charge in [-0.3, -0.25) is 9.78 Å². The molecule has 1 aromatic heterocycles. The van der Waals surface area contributed by atoms with Crippen molar-refractivity contribution in [1.29, 1.82) is 0 Å². The van der Waals surface area contributed by atoms with E-state index < -0.39 is 0 Å². The number of rotatable bonds is 6. The van der Waals surface area contributed by atoms with Gasteiger partial charge in [0.25, 0.3) is 5.91 Å². The first-order chi connectivity index (χ1) is 12.7. The fourth-order valence-electron chi connectivity index (χ4n) is 3.23. The monoisotopic (exact) mass is 355 g/mol. The van der Waals surface area contributed by atoms with Gasteiger partial charge >= 0.3 is 0 Å². The van der Waals surface area contributed by atoms with Gasteiger partial charge in [0.1, 0.15) is 11.5 Å². The fourth-order valence-corrected chi connectivity index (χ4v) is 3.23. The second-order valence-corrected chi connectivity index (χ2v) is 6.45. The first-order valence-electron chi connectivity index (χ1n) is 8.86. The highest BCUT2D eigenvalue weighted by molar-refractivity contribution is 5.95. The summed E-state index contributed by atoms with van der Waals surface area (Å²) in [5.41, 5.74) is 1.77. The van der Waals surface area contributed by atoms with E-state index in [0.29, 0.717) is 29.5 Å². The maximum atomic E-state index is 12.5. The molecule has 6 heteroatoms. The Hall–Kier alpha value is -2.76. The van der Waals surface area contributed by atoms with Gasteiger partial charge in [0.05, 0.1) is 14.2 Å². The van der Waals surface area contributed by atoms with Gasteiger partial charge in [-0.1, -0.05) is 0 Å². The lowest BCUT2D eigenvalue weighted by atomic mass is 9.96. The number of anilines is 1. The lowest BCUT2D eigenvalue weighted by Crippen LogP contribution is -2.38. The summed E-state index contributed by atoms with van der Waals surface area (Å²) >= 11 is 0. The minimum Gasteiger partial charge on any atom is -0.497 e. The molecule has 138 valence electrons. The minimum absolute atomic E-state index is 0.0984. The number of ether oxygens (including phenoxy) is 2. The highest BCUT2D eigenvalue weighted by Crippen LogP contribution is 2.24. The van der Waals surface area contributed by atoms with Crippen LogP contribution in [0.25, 0.3) is 0 Å². The summed E-state index contributed by atoms with van der Waals surface area (Å²) in [6.07, 6.45) is 5.77. The summed E-state index contributed by atoms with van der Waals surface area (Å²) in [5.74, 6) is 1.61. The standard InChI is InChI=1S/C20H25N3O3/c1-25-18-11-16(12-19(13-18)26-2)20(24)22-14-15-5-9-23(10-6-15)17-3-7-21-8-4-17/h3-4,7-8,11-13,15H,5-6,9-10,14H2,1-2H3,(H,22,24). The number of nitrogens with one attached hydrogen (secondary N) is 1. The topological polar surface area (TPSA) is 63.7 Å². The smallest absolute Gasteiger partial charge is 0.251 e. The SMILES string of the molecule is COc1cc(OC)cc(C(=O)NCC2CCN(c3ccncc3)CC2)c1. The van der Waals surface area contributed by atoms with Crippen molar-refractivity contribution in [2.75, 3.05) is 38.8 Å². The predicted molar refractivity (Wildman–Crippen MR) is 101 cm³/mol. The number of hydrogen-bond donors (Lipinski definition) is 1. The van der Waals surface area contributed by atoms with E-state index in [-0.39, 0.29) is 5.91 Å². The van der Waals surface area contributed by atoms with E-state index in [1.807, 2.05) is 24.5 Å². The second kappa shape index (κ2) is 8.56. The van der Waals surface area contributed by atoms with Crippen LogP contribution in [-0.4, -0.2) is 44.7 Å². The van der Waals surface area contributed by atoms with Crippen LogP contribution in [0.5, 0.6) is 11.5 Å². The molecule has 0 saturated carbocycles. The third-order valence-corrected chi connectivity index (χ3v) is 4.81. The molecule has 26 heavy (non-hydrogen) atoms. The predicted octanol–water partition coefficient (Wildman–Crippen LogP) is 2.75. The zero-order valence-electron chi connectivity index (χ0n) is 15.3. The van der Waals surface area contributed by atoms with Crippen LogP contribution in [0.15, 0.2) is 42.7 Å². The lowest BCUT2D eigenvalue weighted by Gasteiger charge is -2.33. The number of nitrogens with zero attached hydrogens (tertiary/aromatic N) is 2. The molecule has 1 aliphatic heterocycles. The van der Waals surface area contributed by atoms with Crippen molar-refractivity contribution in [1.82, 2.24) is 10.3 Å². The van der Waals surface area contributed by atoms with Gasteiger partial charge in [-0.05, 0) is 43.0 Å². The van der Waals surface area contributed by atoms with E-state index in [1.165, 1.54) is 5.69 Å². The number of carbonyl (C=O) groups excluding carboxylic acids is 1. The number of methoxy groups -OCH3 is 2. The van der Waals surface area contributed by atoms with E-state index in [4.69, 9.17) is 9.47 Å². The zero-order valence-corrected chi connectivity index (χ0v) is 15.3. The fraction of sp³-hybridized carbons (Fsp3) is 0.400. The van der Waals surface area contributed by atoms with Crippen LogP contribution in [-0.2, 0) is 0 Å². The zero-order chi connectivity index (χ0) is 18.4. The lowest BCUT2D eigenvalue weighted by molar-refractivity contribution is 0.0944. The van der Waals surface area contributed by atoms with Crippen molar-refractivity contribution >= 4 is 11.6 Å². The summed E-state index contributed by atoms with van der Waals surface area (Å²) in [6.45, 7) is 2.68. The number of piperidine rings is 1. The third kappa shape index (κ3) is 4.45. The van der Waals surface area contributed by atoms with Crippen molar-refractivity contribution in [3.63, 3.8) is 0 Å². The van der Waals surface area contributed by atoms with Crippen molar-refractivity contribution < 1.29 is 14.3 Å². The molecule has 0 spiro atoms. The maximum absolute atomic E-state index is 12.5. The van der Waals surface area contributed by atoms with Crippen molar-refractivity contribution in [3.05, 3.63) is 48.3 Å². The molecule has 3 rings (SSSR count). The Morgan fingerprint density at radius 1 is 1.12 bits per heavy atom. The van der Waals surface area contributed by atoms with E-state index in [2.05, 4.69) is 15.2 Å². The van der Waals surface area contributed by atoms with Gasteiger partial charge in [-0.25, -0.2) is 0 Å². The molecule has 1 N–H and O–H groups in total. The van der Waals surface area contributed by atoms with Crippen LogP contribution >= 0.6 is 0 Å². The molecule has 1 fully saturated rings. The third-order valence-electron chi connectivity index (χ3n) is 4.81. The quantitative estimate of drug-likeness (QED) is 0.863. The first kappa shape index (κ1) is 18.0. The molecule has 0 aliphatic carbocycles. The van der Waals surface area contributed by atoms with Gasteiger partial charge in [0.15, 0.2) is 0 Å². The molecule has 1 saturated heterocycles. The molecule has 0 atom stereocenters. The van der Waals surface area contributed by atoms with E-state index in [9.17, 15) is 4.79 Å². The van der Waals surface area contributed by atoms with Crippen LogP contribution in [0.2, 0.25) is 0 Å². The Morgan fingerprint density at radius 3 is 2.31 bits per heavy atom. The largest absolute Gasteiger partial charge is 0.497 e. The molecule has 1 aromatic carbocycles. The van der Waals surface area contributed by atoms with Gasteiger partial charge < -0.3 is 19.7 Å². The minimum atomic E-state index is -0.0984. The number of benzene rings is 1. The average Bonchev–Trinajstić information content (AvgIpc) is 2.72. The van der Waals surface area contributed by atoms with Gasteiger partial charge in [0.2, 0.25) is 0 Å². The average molecular weight is 355 g/mol. The Kier molecular flexibility index (Phi) is 5.94. The number of pyridine rings is 1. The van der Waals surface area contributed by atoms with Crippen molar-refractivity contribution in [2.45, 2.75) is 12.8 Å². The van der Waals surface area contributed by atoms with Gasteiger partial charge in [-0.2, -0.15) is 0 Å². The summed E-state index contributed by atoms with van der Waals surface area (Å²) in [5, 5.41) is 3.05. The Balaban J connectivity index is 1.51. The number of aromatic nitrogens is 1. The number of amides is 1. The summed E-state index contributed by atoms with van der Waals surface area (Å²) < 4.78 is 10.5. The van der Waals surface area contributed by atoms with Crippen LogP contribution in [0, 0.1) is 5.92 Å². The first-order valence-corrected chi connectivity index (χ1v) is 8.86. The number of hydrogen-bond acceptors (Lipinski definition) is 5. The van der Waals surface area contributed by atoms with E-state index in [0.717, 1.165) is 25.9 Å². The summed E-state index contributed by atoms with van der Waals surface area (Å²) in [6, 6.07) is 9.29. The molecule has 1 aliphatic rings. The van der Waals surface area contributed by atoms with E-state index in [1.54, 1.807) is 32.4 Å². The molecule has 0 unspecified atom stereocenters.